The van der Waals surface area contributed by atoms with Crippen molar-refractivity contribution in [2.75, 3.05) is 61.6 Å². The second-order valence-corrected chi connectivity index (χ2v) is 41.7. The van der Waals surface area contributed by atoms with Crippen LogP contribution >= 0.6 is 0 Å². The topological polar surface area (TPSA) is 229 Å². The van der Waals surface area contributed by atoms with Crippen LogP contribution in [0.1, 0.15) is 267 Å². The number of sulfone groups is 3. The number of ketones is 2. The molecule has 0 saturated heterocycles. The van der Waals surface area contributed by atoms with Crippen molar-refractivity contribution >= 4 is 70.5 Å². The van der Waals surface area contributed by atoms with E-state index in [1.807, 2.05) is 110 Å². The van der Waals surface area contributed by atoms with Gasteiger partial charge in [0.15, 0.2) is 9.84 Å². The van der Waals surface area contributed by atoms with E-state index in [9.17, 15) is 48.6 Å². The number of hydrogen-bond donors (Lipinski definition) is 2. The summed E-state index contributed by atoms with van der Waals surface area (Å²) < 4.78 is 75.2. The molecule has 14 nitrogen and oxygen atoms in total. The summed E-state index contributed by atoms with van der Waals surface area (Å²) in [5, 5.41) is 4.71. The van der Waals surface area contributed by atoms with Gasteiger partial charge >= 0.3 is 0 Å². The van der Waals surface area contributed by atoms with Gasteiger partial charge in [0.1, 0.15) is 31.2 Å². The zero-order valence-electron chi connectivity index (χ0n) is 66.0. The summed E-state index contributed by atoms with van der Waals surface area (Å²) in [6.07, 6.45) is 11.9. The van der Waals surface area contributed by atoms with Crippen LogP contribution in [0, 0.1) is 82.9 Å². The van der Waals surface area contributed by atoms with Gasteiger partial charge in [-0.05, 0) is 71.6 Å². The molecule has 0 aliphatic rings. The zero-order chi connectivity index (χ0) is 71.4. The molecule has 2 amide bonds. The van der Waals surface area contributed by atoms with Gasteiger partial charge in [-0.15, -0.1) is 6.42 Å². The third kappa shape index (κ3) is 259. The van der Waals surface area contributed by atoms with E-state index in [2.05, 4.69) is 128 Å². The van der Waals surface area contributed by atoms with E-state index in [0.29, 0.717) is 36.2 Å². The molecule has 2 N–H and O–H groups in total. The molecule has 21 heteroatoms. The maximum absolute atomic E-state index is 11.0. The van der Waals surface area contributed by atoms with Gasteiger partial charge in [-0.1, -0.05) is 220 Å². The molecule has 0 rings (SSSR count). The van der Waals surface area contributed by atoms with E-state index in [0.717, 1.165) is 25.0 Å². The van der Waals surface area contributed by atoms with Crippen molar-refractivity contribution in [3.05, 3.63) is 28.7 Å². The van der Waals surface area contributed by atoms with Crippen LogP contribution in [0.25, 0.3) is 0 Å². The van der Waals surface area contributed by atoms with Crippen LogP contribution < -0.4 is 10.6 Å². The van der Waals surface area contributed by atoms with Crippen LogP contribution in [0.2, 0.25) is 0 Å². The van der Waals surface area contributed by atoms with Crippen molar-refractivity contribution in [1.29, 1.82) is 0 Å². The molecule has 0 aliphatic carbocycles. The number of Topliss-reactive ketones (excluding diaryl/α,β-unsaturated/α-hetero) is 2. The fourth-order valence-corrected chi connectivity index (χ4v) is 10.0. The summed E-state index contributed by atoms with van der Waals surface area (Å²) in [7, 11) is -5.78. The van der Waals surface area contributed by atoms with Gasteiger partial charge in [0, 0.05) is 166 Å². The Balaban J connectivity index is -0.0000000472. The molecule has 0 spiro atoms. The predicted octanol–water partition coefficient (Wildman–Crippen LogP) is 16.4. The molecule has 3 radical (unpaired) electrons. The summed E-state index contributed by atoms with van der Waals surface area (Å²) in [6, 6.07) is 0. The smallest absolute Gasteiger partial charge is 0.220 e. The van der Waals surface area contributed by atoms with E-state index in [-0.39, 0.29) is 191 Å². The summed E-state index contributed by atoms with van der Waals surface area (Å²) in [4.78, 5) is 50.3. The predicted molar refractivity (Wildman–Crippen MR) is 384 cm³/mol. The molecule has 541 valence electrons. The molecule has 0 saturated carbocycles. The Morgan fingerprint density at radius 1 is 0.472 bits per heavy atom. The number of carbonyl (C=O) groups is 3. The molecule has 1 unspecified atom stereocenters. The van der Waals surface area contributed by atoms with Gasteiger partial charge in [-0.2, -0.15) is 17.2 Å². The molecule has 0 aliphatic heterocycles. The van der Waals surface area contributed by atoms with Crippen LogP contribution in [0.15, 0.2) is 0 Å². The SMILES string of the molecule is CC(=O)CC(C)(C)C.CC(=O)CCC(C)(C)C.CC(C)(C)CCS(C)(=O)=O.CC(C)(C)CS(C)(=O)=O.CC(C)(C)C[C-]=O.CCS(=O)(=O)CC(C)(C)C.CNC(=O)CC(C)(C)C.CN[C-]=O.CS(=O)CC(C)(C)C.[CH2-]C(C)(C)C.[CH2-]C(C)(C)C.[CH3-].[CH3-].[Y].[Y].[Y]. The number of hydrogen-bond acceptors (Lipinski definition) is 12. The van der Waals surface area contributed by atoms with Crippen molar-refractivity contribution in [2.45, 2.75) is 267 Å². The second kappa shape index (κ2) is 61.6. The minimum Gasteiger partial charge on any atom is -0.542 e. The molecule has 89 heavy (non-hydrogen) atoms. The Morgan fingerprint density at radius 3 is 0.809 bits per heavy atom. The van der Waals surface area contributed by atoms with E-state index in [4.69, 9.17) is 4.79 Å². The Bertz CT molecular complexity index is 2000. The number of carbonyl (C=O) groups excluding carboxylic acids is 5. The van der Waals surface area contributed by atoms with Crippen molar-refractivity contribution in [1.82, 2.24) is 10.6 Å². The van der Waals surface area contributed by atoms with Crippen LogP contribution in [-0.4, -0.2) is 121 Å². The number of nitrogens with one attached hydrogen (secondary N) is 2. The minimum atomic E-state index is -2.78. The van der Waals surface area contributed by atoms with Crippen LogP contribution in [-0.2, 0) is 162 Å². The number of amides is 2. The Labute approximate surface area is 637 Å². The summed E-state index contributed by atoms with van der Waals surface area (Å²) >= 11 is 0. The maximum atomic E-state index is 11.0. The third-order valence-corrected chi connectivity index (χ3v) is 13.1. The van der Waals surface area contributed by atoms with Crippen molar-refractivity contribution in [3.63, 3.8) is 0 Å². The van der Waals surface area contributed by atoms with E-state index in [1.54, 1.807) is 34.1 Å². The van der Waals surface area contributed by atoms with Gasteiger partial charge in [-0.25, -0.2) is 25.3 Å². The molecule has 0 bridgehead atoms. The van der Waals surface area contributed by atoms with Gasteiger partial charge in [0.05, 0.1) is 17.3 Å². The van der Waals surface area contributed by atoms with Crippen molar-refractivity contribution < 1.29 is 152 Å². The van der Waals surface area contributed by atoms with Gasteiger partial charge in [0.25, 0.3) is 0 Å². The standard InChI is InChI=1S/C8H16O.C7H15NO.2C7H16O2S.C7H14O.C6H14O2S.C6H14OS.C6H11O.2C5H11.C2H4NO.2CH3.3Y/c1-7(9)5-6-8(2,3)4;1-7(2,3)5-6(9)8-4;1-7(2,3)5-6-10(4,8)9;1-5-10(8,9)6-7(2,3)4;1-6(8)5-7(2,3)4;1-6(2,3)5-9(4,7)8;1-6(2,3)5-8(4)7;1-6(2,3)4-5-7;2*1-5(2,3)4;1-3-2-4;;;;;/h5-6H2,1-4H3;5H2,1-4H3,(H,8,9);2*5-6H2,1-4H3;5H2,1-4H3;5H2,1-4H3;5H2,1-4H3;4H2,1-3H3;2*1H2,2-4H3;1H3,(H,3,4);2*1H3;;;/q;;;;;;;6*-1;;;. The van der Waals surface area contributed by atoms with Gasteiger partial charge < -0.3 is 58.5 Å². The summed E-state index contributed by atoms with van der Waals surface area (Å²) in [6.45, 7) is 73.7. The molecular weight excluding hydrogens is 1430 g/mol. The maximum Gasteiger partial charge on any atom is 0.220 e. The van der Waals surface area contributed by atoms with Crippen molar-refractivity contribution in [3.8, 4) is 0 Å². The third-order valence-electron chi connectivity index (χ3n) is 7.33. The first-order valence-corrected chi connectivity index (χ1v) is 36.7. The van der Waals surface area contributed by atoms with E-state index in [1.165, 1.54) is 26.0 Å². The molecule has 0 fully saturated rings. The minimum absolute atomic E-state index is 0. The fourth-order valence-electron chi connectivity index (χ4n) is 4.73. The summed E-state index contributed by atoms with van der Waals surface area (Å²) in [5.41, 5.74) is 1.37. The molecule has 0 heterocycles. The first-order chi connectivity index (χ1) is 35.9. The number of rotatable bonds is 12. The van der Waals surface area contributed by atoms with Crippen LogP contribution in [0.4, 0.5) is 0 Å². The zero-order valence-corrected chi connectivity index (χ0v) is 77.7. The van der Waals surface area contributed by atoms with Crippen LogP contribution in [0.3, 0.4) is 0 Å². The average molecular weight is 1580 g/mol. The summed E-state index contributed by atoms with van der Waals surface area (Å²) in [5.74, 6) is 2.59. The molecule has 0 aromatic carbocycles. The monoisotopic (exact) mass is 1580 g/mol. The van der Waals surface area contributed by atoms with E-state index >= 15 is 0 Å². The second-order valence-electron chi connectivity index (χ2n) is 33.6. The van der Waals surface area contributed by atoms with Gasteiger partial charge in [-0.3, -0.25) is 15.3 Å². The van der Waals surface area contributed by atoms with E-state index < -0.39 is 40.3 Å². The fraction of sp³-hybridized carbons (Fsp3) is 0.868. The first-order valence-electron chi connectivity index (χ1n) is 29.0. The Morgan fingerprint density at radius 2 is 0.764 bits per heavy atom. The molecule has 0 aromatic heterocycles. The van der Waals surface area contributed by atoms with Crippen LogP contribution in [0.5, 0.6) is 0 Å². The molecule has 1 atom stereocenters. The quantitative estimate of drug-likeness (QED) is 0.137. The van der Waals surface area contributed by atoms with Gasteiger partial charge in [0.2, 0.25) is 5.91 Å². The molecular formula is C68H148N2O12S4Y3-6. The molecule has 0 aromatic rings. The first kappa shape index (κ1) is 130. The Hall–Kier alpha value is 1.26. The van der Waals surface area contributed by atoms with Crippen molar-refractivity contribution in [2.24, 2.45) is 54.1 Å². The Kier molecular flexibility index (Phi) is 90.2. The average Bonchev–Trinajstić information content (AvgIpc) is 3.10. The normalized spacial score (nSPS) is 11.7. The largest absolute Gasteiger partial charge is 0.542 e.